The molecule has 6 nitrogen and oxygen atoms in total. The van der Waals surface area contributed by atoms with E-state index in [2.05, 4.69) is 20.8 Å². The average molecular weight is 392 g/mol. The standard InChI is InChI=1S/C21H20N4O2S/c1-13-4-2-5-14(10-13)12-22-18(26)16-6-3-7-17(11-16)23-19(27)21-25-24-20(28-21)15-8-9-15/h2-7,10-11,15H,8-9,12H2,1H3,(H,22,26)(H,23,27). The van der Waals surface area contributed by atoms with Crippen LogP contribution in [0.4, 0.5) is 5.69 Å². The maximum absolute atomic E-state index is 12.5. The molecule has 0 spiro atoms. The van der Waals surface area contributed by atoms with Crippen LogP contribution in [0, 0.1) is 6.92 Å². The third-order valence-electron chi connectivity index (χ3n) is 4.48. The van der Waals surface area contributed by atoms with E-state index in [0.717, 1.165) is 29.0 Å². The fourth-order valence-corrected chi connectivity index (χ4v) is 3.76. The molecule has 2 N–H and O–H groups in total. The Bertz CT molecular complexity index is 1030. The number of anilines is 1. The summed E-state index contributed by atoms with van der Waals surface area (Å²) in [6.45, 7) is 2.47. The van der Waals surface area contributed by atoms with Crippen LogP contribution in [-0.4, -0.2) is 22.0 Å². The number of carbonyl (C=O) groups excluding carboxylic acids is 2. The minimum Gasteiger partial charge on any atom is -0.348 e. The van der Waals surface area contributed by atoms with E-state index in [9.17, 15) is 9.59 Å². The van der Waals surface area contributed by atoms with Crippen molar-refractivity contribution in [3.63, 3.8) is 0 Å². The second-order valence-electron chi connectivity index (χ2n) is 6.93. The van der Waals surface area contributed by atoms with Gasteiger partial charge in [0, 0.05) is 23.7 Å². The Kier molecular flexibility index (Phi) is 5.16. The zero-order chi connectivity index (χ0) is 19.5. The van der Waals surface area contributed by atoms with E-state index in [1.165, 1.54) is 11.3 Å². The first-order valence-corrected chi connectivity index (χ1v) is 9.99. The van der Waals surface area contributed by atoms with Crippen molar-refractivity contribution in [2.45, 2.75) is 32.2 Å². The summed E-state index contributed by atoms with van der Waals surface area (Å²) in [6.07, 6.45) is 2.24. The van der Waals surface area contributed by atoms with Gasteiger partial charge < -0.3 is 10.6 Å². The lowest BCUT2D eigenvalue weighted by Crippen LogP contribution is -2.23. The molecule has 1 saturated carbocycles. The van der Waals surface area contributed by atoms with E-state index in [0.29, 0.717) is 28.7 Å². The lowest BCUT2D eigenvalue weighted by atomic mass is 10.1. The van der Waals surface area contributed by atoms with E-state index in [1.54, 1.807) is 24.3 Å². The number of nitrogens with zero attached hydrogens (tertiary/aromatic N) is 2. The number of hydrogen-bond donors (Lipinski definition) is 2. The molecular formula is C21H20N4O2S. The molecule has 1 aliphatic carbocycles. The molecule has 1 heterocycles. The SMILES string of the molecule is Cc1cccc(CNC(=O)c2cccc(NC(=O)c3nnc(C4CC4)s3)c2)c1. The summed E-state index contributed by atoms with van der Waals surface area (Å²) in [6, 6.07) is 14.9. The first-order chi connectivity index (χ1) is 13.6. The van der Waals surface area contributed by atoms with Crippen LogP contribution in [0.5, 0.6) is 0 Å². The van der Waals surface area contributed by atoms with Crippen LogP contribution < -0.4 is 10.6 Å². The Morgan fingerprint density at radius 3 is 2.68 bits per heavy atom. The number of nitrogens with one attached hydrogen (secondary N) is 2. The fraction of sp³-hybridized carbons (Fsp3) is 0.238. The van der Waals surface area contributed by atoms with Crippen LogP contribution >= 0.6 is 11.3 Å². The molecule has 142 valence electrons. The predicted octanol–water partition coefficient (Wildman–Crippen LogP) is 3.91. The third-order valence-corrected chi connectivity index (χ3v) is 5.56. The largest absolute Gasteiger partial charge is 0.348 e. The van der Waals surface area contributed by atoms with Gasteiger partial charge >= 0.3 is 0 Å². The van der Waals surface area contributed by atoms with Crippen molar-refractivity contribution >= 4 is 28.8 Å². The highest BCUT2D eigenvalue weighted by Gasteiger charge is 2.28. The summed E-state index contributed by atoms with van der Waals surface area (Å²) in [5.74, 6) is -0.0225. The number of aryl methyl sites for hydroxylation is 1. The number of rotatable bonds is 6. The quantitative estimate of drug-likeness (QED) is 0.666. The molecule has 0 unspecified atom stereocenters. The van der Waals surface area contributed by atoms with Crippen molar-refractivity contribution in [2.24, 2.45) is 0 Å². The number of carbonyl (C=O) groups is 2. The smallest absolute Gasteiger partial charge is 0.286 e. The van der Waals surface area contributed by atoms with Crippen molar-refractivity contribution in [2.75, 3.05) is 5.32 Å². The molecule has 2 aromatic carbocycles. The summed E-state index contributed by atoms with van der Waals surface area (Å²) in [4.78, 5) is 24.8. The van der Waals surface area contributed by atoms with Crippen molar-refractivity contribution in [3.05, 3.63) is 75.2 Å². The van der Waals surface area contributed by atoms with E-state index in [-0.39, 0.29) is 11.8 Å². The van der Waals surface area contributed by atoms with Crippen LogP contribution in [0.15, 0.2) is 48.5 Å². The van der Waals surface area contributed by atoms with E-state index in [4.69, 9.17) is 0 Å². The summed E-state index contributed by atoms with van der Waals surface area (Å²) >= 11 is 1.33. The van der Waals surface area contributed by atoms with Crippen LogP contribution in [0.1, 0.15) is 55.1 Å². The Balaban J connectivity index is 1.38. The van der Waals surface area contributed by atoms with Crippen LogP contribution in [0.2, 0.25) is 0 Å². The molecule has 1 aromatic heterocycles. The Morgan fingerprint density at radius 2 is 1.89 bits per heavy atom. The molecule has 2 amide bonds. The van der Waals surface area contributed by atoms with Gasteiger partial charge in [0.05, 0.1) is 0 Å². The Labute approximate surface area is 167 Å². The molecule has 1 aliphatic rings. The first-order valence-electron chi connectivity index (χ1n) is 9.17. The van der Waals surface area contributed by atoms with Gasteiger partial charge in [-0.2, -0.15) is 0 Å². The van der Waals surface area contributed by atoms with Gasteiger partial charge in [-0.1, -0.05) is 47.2 Å². The van der Waals surface area contributed by atoms with Crippen LogP contribution in [0.3, 0.4) is 0 Å². The van der Waals surface area contributed by atoms with Gasteiger partial charge in [-0.05, 0) is 43.5 Å². The minimum atomic E-state index is -0.304. The number of amides is 2. The lowest BCUT2D eigenvalue weighted by Gasteiger charge is -2.08. The van der Waals surface area contributed by atoms with Gasteiger partial charge in [0.25, 0.3) is 11.8 Å². The molecule has 7 heteroatoms. The van der Waals surface area contributed by atoms with Crippen molar-refractivity contribution in [1.82, 2.24) is 15.5 Å². The van der Waals surface area contributed by atoms with Gasteiger partial charge in [0.15, 0.2) is 0 Å². The molecule has 0 bridgehead atoms. The second kappa shape index (κ2) is 7.90. The maximum atomic E-state index is 12.5. The maximum Gasteiger partial charge on any atom is 0.286 e. The molecule has 3 aromatic rings. The number of benzene rings is 2. The number of aromatic nitrogens is 2. The lowest BCUT2D eigenvalue weighted by molar-refractivity contribution is 0.0949. The van der Waals surface area contributed by atoms with Gasteiger partial charge in [0.1, 0.15) is 5.01 Å². The zero-order valence-corrected chi connectivity index (χ0v) is 16.3. The average Bonchev–Trinajstić information content (AvgIpc) is 3.43. The summed E-state index contributed by atoms with van der Waals surface area (Å²) in [5.41, 5.74) is 3.23. The van der Waals surface area contributed by atoms with E-state index >= 15 is 0 Å². The fourth-order valence-electron chi connectivity index (χ4n) is 2.85. The normalized spacial score (nSPS) is 13.2. The highest BCUT2D eigenvalue weighted by atomic mass is 32.1. The van der Waals surface area contributed by atoms with Crippen molar-refractivity contribution in [3.8, 4) is 0 Å². The number of hydrogen-bond acceptors (Lipinski definition) is 5. The predicted molar refractivity (Wildman–Crippen MR) is 109 cm³/mol. The van der Waals surface area contributed by atoms with Crippen molar-refractivity contribution < 1.29 is 9.59 Å². The van der Waals surface area contributed by atoms with Gasteiger partial charge in [-0.25, -0.2) is 0 Å². The summed E-state index contributed by atoms with van der Waals surface area (Å²) in [7, 11) is 0. The second-order valence-corrected chi connectivity index (χ2v) is 7.94. The summed E-state index contributed by atoms with van der Waals surface area (Å²) in [5, 5.41) is 15.0. The molecule has 0 atom stereocenters. The summed E-state index contributed by atoms with van der Waals surface area (Å²) < 4.78 is 0. The van der Waals surface area contributed by atoms with E-state index in [1.807, 2.05) is 31.2 Å². The molecule has 0 saturated heterocycles. The Morgan fingerprint density at radius 1 is 1.07 bits per heavy atom. The third kappa shape index (κ3) is 4.43. The van der Waals surface area contributed by atoms with Gasteiger partial charge in [-0.15, -0.1) is 10.2 Å². The minimum absolute atomic E-state index is 0.190. The molecule has 0 aliphatic heterocycles. The highest BCUT2D eigenvalue weighted by molar-refractivity contribution is 7.13. The molecule has 1 fully saturated rings. The van der Waals surface area contributed by atoms with Crippen LogP contribution in [-0.2, 0) is 6.54 Å². The molecule has 4 rings (SSSR count). The van der Waals surface area contributed by atoms with Crippen molar-refractivity contribution in [1.29, 1.82) is 0 Å². The topological polar surface area (TPSA) is 84.0 Å². The molecule has 28 heavy (non-hydrogen) atoms. The molecule has 0 radical (unpaired) electrons. The molecular weight excluding hydrogens is 372 g/mol. The van der Waals surface area contributed by atoms with Crippen LogP contribution in [0.25, 0.3) is 0 Å². The Hall–Kier alpha value is -3.06. The zero-order valence-electron chi connectivity index (χ0n) is 15.4. The first kappa shape index (κ1) is 18.3. The van der Waals surface area contributed by atoms with E-state index < -0.39 is 0 Å². The van der Waals surface area contributed by atoms with Gasteiger partial charge in [-0.3, -0.25) is 9.59 Å². The van der Waals surface area contributed by atoms with Gasteiger partial charge in [0.2, 0.25) is 5.01 Å². The highest BCUT2D eigenvalue weighted by Crippen LogP contribution is 2.41. The monoisotopic (exact) mass is 392 g/mol.